The third-order valence-electron chi connectivity index (χ3n) is 4.21. The Labute approximate surface area is 124 Å². The van der Waals surface area contributed by atoms with Gasteiger partial charge in [-0.15, -0.1) is 0 Å². The highest BCUT2D eigenvalue weighted by atomic mass is 16.5. The van der Waals surface area contributed by atoms with Gasteiger partial charge in [-0.1, -0.05) is 32.1 Å². The lowest BCUT2D eigenvalue weighted by Gasteiger charge is -2.22. The van der Waals surface area contributed by atoms with Crippen molar-refractivity contribution < 1.29 is 5.21 Å². The summed E-state index contributed by atoms with van der Waals surface area (Å²) in [5, 5.41) is 13.6. The number of nitrogens with one attached hydrogen (secondary N) is 2. The lowest BCUT2D eigenvalue weighted by Crippen LogP contribution is -2.21. The van der Waals surface area contributed by atoms with Gasteiger partial charge in [0.15, 0.2) is 0 Å². The van der Waals surface area contributed by atoms with E-state index in [1.807, 2.05) is 18.2 Å². The van der Waals surface area contributed by atoms with Crippen LogP contribution in [0.15, 0.2) is 24.5 Å². The minimum Gasteiger partial charge on any atom is -0.367 e. The molecule has 1 aliphatic rings. The van der Waals surface area contributed by atoms with E-state index in [2.05, 4.69) is 20.8 Å². The second kappa shape index (κ2) is 6.72. The van der Waals surface area contributed by atoms with Crippen molar-refractivity contribution in [3.63, 3.8) is 0 Å². The van der Waals surface area contributed by atoms with Gasteiger partial charge in [0.1, 0.15) is 12.1 Å². The minimum atomic E-state index is 0.499. The first kappa shape index (κ1) is 14.1. The fraction of sp³-hybridized carbons (Fsp3) is 0.500. The van der Waals surface area contributed by atoms with E-state index in [0.717, 1.165) is 16.7 Å². The van der Waals surface area contributed by atoms with Crippen LogP contribution in [-0.2, 0) is 0 Å². The molecule has 1 aromatic heterocycles. The summed E-state index contributed by atoms with van der Waals surface area (Å²) in [7, 11) is 0. The Morgan fingerprint density at radius 1 is 1.00 bits per heavy atom. The van der Waals surface area contributed by atoms with Gasteiger partial charge < -0.3 is 5.32 Å². The monoisotopic (exact) mass is 286 g/mol. The van der Waals surface area contributed by atoms with Crippen LogP contribution in [0.1, 0.15) is 44.9 Å². The summed E-state index contributed by atoms with van der Waals surface area (Å²) in [6.45, 7) is 0. The molecule has 3 N–H and O–H groups in total. The summed E-state index contributed by atoms with van der Waals surface area (Å²) < 4.78 is 0. The Balaban J connectivity index is 1.82. The zero-order valence-corrected chi connectivity index (χ0v) is 12.2. The van der Waals surface area contributed by atoms with Crippen LogP contribution in [0.5, 0.6) is 0 Å². The first-order valence-corrected chi connectivity index (χ1v) is 7.78. The highest BCUT2D eigenvalue weighted by Gasteiger charge is 2.13. The molecule has 0 saturated heterocycles. The van der Waals surface area contributed by atoms with Gasteiger partial charge in [0.05, 0.1) is 11.2 Å². The molecule has 1 fully saturated rings. The van der Waals surface area contributed by atoms with Crippen LogP contribution < -0.4 is 10.8 Å². The van der Waals surface area contributed by atoms with Crippen LogP contribution in [0, 0.1) is 0 Å². The van der Waals surface area contributed by atoms with Crippen LogP contribution in [0.3, 0.4) is 0 Å². The van der Waals surface area contributed by atoms with Crippen molar-refractivity contribution >= 4 is 22.4 Å². The third kappa shape index (κ3) is 3.42. The van der Waals surface area contributed by atoms with Crippen LogP contribution in [0.2, 0.25) is 0 Å². The lowest BCUT2D eigenvalue weighted by molar-refractivity contribution is 0.389. The normalized spacial score (nSPS) is 17.2. The molecule has 1 heterocycles. The molecule has 0 aliphatic heterocycles. The van der Waals surface area contributed by atoms with Crippen molar-refractivity contribution in [3.05, 3.63) is 24.5 Å². The number of nitrogens with zero attached hydrogens (tertiary/aromatic N) is 2. The Morgan fingerprint density at radius 3 is 2.52 bits per heavy atom. The topological polar surface area (TPSA) is 70.1 Å². The number of anilines is 2. The summed E-state index contributed by atoms with van der Waals surface area (Å²) in [5.41, 5.74) is 3.62. The standard InChI is InChI=1S/C16H22N4O/c21-20-13-8-9-14-15(10-13)17-11-18-16(14)19-12-6-4-2-1-3-5-7-12/h8-12,20-21H,1-7H2,(H,17,18,19). The predicted octanol–water partition coefficient (Wildman–Crippen LogP) is 3.96. The predicted molar refractivity (Wildman–Crippen MR) is 84.7 cm³/mol. The average Bonchev–Trinajstić information content (AvgIpc) is 2.49. The highest BCUT2D eigenvalue weighted by Crippen LogP contribution is 2.25. The summed E-state index contributed by atoms with van der Waals surface area (Å²) in [5.74, 6) is 0.898. The van der Waals surface area contributed by atoms with E-state index in [1.54, 1.807) is 6.33 Å². The van der Waals surface area contributed by atoms with Crippen molar-refractivity contribution in [1.29, 1.82) is 0 Å². The van der Waals surface area contributed by atoms with Crippen LogP contribution in [0.25, 0.3) is 10.9 Å². The van der Waals surface area contributed by atoms with Gasteiger partial charge in [-0.05, 0) is 31.0 Å². The fourth-order valence-electron chi connectivity index (χ4n) is 3.04. The highest BCUT2D eigenvalue weighted by molar-refractivity contribution is 5.90. The molecule has 0 radical (unpaired) electrons. The second-order valence-corrected chi connectivity index (χ2v) is 5.75. The Morgan fingerprint density at radius 2 is 1.76 bits per heavy atom. The van der Waals surface area contributed by atoms with Gasteiger partial charge in [0.25, 0.3) is 0 Å². The van der Waals surface area contributed by atoms with E-state index in [0.29, 0.717) is 11.7 Å². The van der Waals surface area contributed by atoms with Crippen molar-refractivity contribution in [3.8, 4) is 0 Å². The molecule has 3 rings (SSSR count). The van der Waals surface area contributed by atoms with Crippen molar-refractivity contribution in [2.45, 2.75) is 51.0 Å². The quantitative estimate of drug-likeness (QED) is 0.745. The maximum Gasteiger partial charge on any atom is 0.137 e. The zero-order valence-electron chi connectivity index (χ0n) is 12.2. The zero-order chi connectivity index (χ0) is 14.5. The summed E-state index contributed by atoms with van der Waals surface area (Å²) in [6.07, 6.45) is 10.6. The first-order valence-electron chi connectivity index (χ1n) is 7.78. The van der Waals surface area contributed by atoms with Crippen LogP contribution >= 0.6 is 0 Å². The van der Waals surface area contributed by atoms with E-state index in [1.165, 1.54) is 44.9 Å². The summed E-state index contributed by atoms with van der Waals surface area (Å²) in [6, 6.07) is 6.09. The van der Waals surface area contributed by atoms with Gasteiger partial charge in [-0.2, -0.15) is 0 Å². The van der Waals surface area contributed by atoms with Crippen molar-refractivity contribution in [2.75, 3.05) is 10.8 Å². The molecule has 0 bridgehead atoms. The smallest absolute Gasteiger partial charge is 0.137 e. The van der Waals surface area contributed by atoms with E-state index in [9.17, 15) is 0 Å². The molecular formula is C16H22N4O. The molecule has 5 nitrogen and oxygen atoms in total. The molecule has 0 spiro atoms. The first-order chi connectivity index (χ1) is 10.4. The molecular weight excluding hydrogens is 264 g/mol. The van der Waals surface area contributed by atoms with Crippen molar-refractivity contribution in [2.24, 2.45) is 0 Å². The number of hydrogen-bond acceptors (Lipinski definition) is 5. The third-order valence-corrected chi connectivity index (χ3v) is 4.21. The lowest BCUT2D eigenvalue weighted by atomic mass is 9.96. The molecule has 1 aromatic carbocycles. The van der Waals surface area contributed by atoms with E-state index in [4.69, 9.17) is 5.21 Å². The molecule has 112 valence electrons. The number of hydrogen-bond donors (Lipinski definition) is 3. The summed E-state index contributed by atoms with van der Waals surface area (Å²) in [4.78, 5) is 8.68. The van der Waals surface area contributed by atoms with Crippen LogP contribution in [0.4, 0.5) is 11.5 Å². The van der Waals surface area contributed by atoms with E-state index in [-0.39, 0.29) is 0 Å². The number of rotatable bonds is 3. The van der Waals surface area contributed by atoms with Gasteiger partial charge in [-0.25, -0.2) is 9.97 Å². The molecule has 1 aliphatic carbocycles. The molecule has 2 aromatic rings. The number of aromatic nitrogens is 2. The molecule has 0 unspecified atom stereocenters. The van der Waals surface area contributed by atoms with Gasteiger partial charge in [0, 0.05) is 11.4 Å². The largest absolute Gasteiger partial charge is 0.367 e. The van der Waals surface area contributed by atoms with E-state index >= 15 is 0 Å². The van der Waals surface area contributed by atoms with Crippen molar-refractivity contribution in [1.82, 2.24) is 9.97 Å². The SMILES string of the molecule is ONc1ccc2c(NC3CCCCCCC3)ncnc2c1. The Hall–Kier alpha value is -1.88. The average molecular weight is 286 g/mol. The van der Waals surface area contributed by atoms with Gasteiger partial charge >= 0.3 is 0 Å². The Bertz CT molecular complexity index is 594. The molecule has 1 saturated carbocycles. The minimum absolute atomic E-state index is 0.499. The van der Waals surface area contributed by atoms with Gasteiger partial charge in [-0.3, -0.25) is 10.7 Å². The molecule has 0 atom stereocenters. The second-order valence-electron chi connectivity index (χ2n) is 5.75. The van der Waals surface area contributed by atoms with Crippen LogP contribution in [-0.4, -0.2) is 21.2 Å². The number of benzene rings is 1. The fourth-order valence-corrected chi connectivity index (χ4v) is 3.04. The molecule has 21 heavy (non-hydrogen) atoms. The maximum absolute atomic E-state index is 8.98. The maximum atomic E-state index is 8.98. The van der Waals surface area contributed by atoms with Gasteiger partial charge in [0.2, 0.25) is 0 Å². The summed E-state index contributed by atoms with van der Waals surface area (Å²) >= 11 is 0. The Kier molecular flexibility index (Phi) is 4.50. The molecule has 0 amide bonds. The molecule has 5 heteroatoms. The van der Waals surface area contributed by atoms with E-state index < -0.39 is 0 Å². The number of fused-ring (bicyclic) bond motifs is 1.